The molecule has 0 aliphatic carbocycles. The van der Waals surface area contributed by atoms with E-state index in [0.717, 1.165) is 12.0 Å². The van der Waals surface area contributed by atoms with Crippen molar-refractivity contribution >= 4 is 11.9 Å². The smallest absolute Gasteiger partial charge is 0.326 e. The Morgan fingerprint density at radius 2 is 1.71 bits per heavy atom. The van der Waals surface area contributed by atoms with Gasteiger partial charge >= 0.3 is 5.97 Å². The molecule has 0 aliphatic rings. The van der Waals surface area contributed by atoms with E-state index in [9.17, 15) is 14.7 Å². The summed E-state index contributed by atoms with van der Waals surface area (Å²) in [6.45, 7) is 5.79. The second kappa shape index (κ2) is 9.39. The average Bonchev–Trinajstić information content (AvgIpc) is 2.53. The third-order valence-corrected chi connectivity index (χ3v) is 3.90. The van der Waals surface area contributed by atoms with Gasteiger partial charge in [-0.3, -0.25) is 4.79 Å². The molecule has 6 heteroatoms. The highest BCUT2D eigenvalue weighted by Gasteiger charge is 2.28. The number of nitrogens with one attached hydrogen (secondary N) is 1. The fourth-order valence-electron chi connectivity index (χ4n) is 2.44. The van der Waals surface area contributed by atoms with Crippen LogP contribution >= 0.6 is 0 Å². The Morgan fingerprint density at radius 3 is 2.17 bits per heavy atom. The van der Waals surface area contributed by atoms with Gasteiger partial charge in [0.05, 0.1) is 0 Å². The van der Waals surface area contributed by atoms with E-state index in [1.54, 1.807) is 0 Å². The molecule has 1 aromatic carbocycles. The summed E-state index contributed by atoms with van der Waals surface area (Å²) in [5.41, 5.74) is 8.03. The number of aliphatic hydroxyl groups is 1. The summed E-state index contributed by atoms with van der Waals surface area (Å²) >= 11 is 0. The van der Waals surface area contributed by atoms with Gasteiger partial charge in [0, 0.05) is 6.04 Å². The molecular formula is C18H28N2O4. The summed E-state index contributed by atoms with van der Waals surface area (Å²) in [7, 11) is 0. The minimum atomic E-state index is -1.45. The highest BCUT2D eigenvalue weighted by Crippen LogP contribution is 2.10. The summed E-state index contributed by atoms with van der Waals surface area (Å²) in [5.74, 6) is -1.76. The highest BCUT2D eigenvalue weighted by molar-refractivity contribution is 5.86. The minimum Gasteiger partial charge on any atom is -0.480 e. The number of carboxylic acids is 1. The quantitative estimate of drug-likeness (QED) is 0.539. The van der Waals surface area contributed by atoms with Crippen molar-refractivity contribution in [1.82, 2.24) is 5.32 Å². The summed E-state index contributed by atoms with van der Waals surface area (Å²) in [5, 5.41) is 21.6. The number of amides is 1. The molecule has 0 bridgehead atoms. The van der Waals surface area contributed by atoms with Gasteiger partial charge in [-0.25, -0.2) is 4.79 Å². The maximum Gasteiger partial charge on any atom is 0.326 e. The SMILES string of the molecule is CCc1ccc(CC(N)C(O)C(=O)N[C@@H](CC(C)C)C(=O)O)cc1. The first-order chi connectivity index (χ1) is 11.2. The molecule has 24 heavy (non-hydrogen) atoms. The number of hydrogen-bond donors (Lipinski definition) is 4. The second-order valence-corrected chi connectivity index (χ2v) is 6.51. The van der Waals surface area contributed by atoms with Crippen molar-refractivity contribution in [2.75, 3.05) is 0 Å². The van der Waals surface area contributed by atoms with E-state index < -0.39 is 30.1 Å². The Morgan fingerprint density at radius 1 is 1.17 bits per heavy atom. The van der Waals surface area contributed by atoms with Crippen LogP contribution in [-0.4, -0.2) is 40.3 Å². The van der Waals surface area contributed by atoms with Crippen LogP contribution in [0.1, 0.15) is 38.3 Å². The molecule has 0 saturated heterocycles. The monoisotopic (exact) mass is 336 g/mol. The summed E-state index contributed by atoms with van der Waals surface area (Å²) in [4.78, 5) is 23.3. The van der Waals surface area contributed by atoms with Crippen LogP contribution in [0.4, 0.5) is 0 Å². The number of hydrogen-bond acceptors (Lipinski definition) is 4. The molecule has 2 unspecified atom stereocenters. The molecular weight excluding hydrogens is 308 g/mol. The lowest BCUT2D eigenvalue weighted by molar-refractivity contribution is -0.144. The van der Waals surface area contributed by atoms with Gasteiger partial charge in [0.15, 0.2) is 0 Å². The minimum absolute atomic E-state index is 0.106. The van der Waals surface area contributed by atoms with Crippen LogP contribution in [0.15, 0.2) is 24.3 Å². The van der Waals surface area contributed by atoms with E-state index in [1.807, 2.05) is 38.1 Å². The molecule has 1 amide bonds. The number of carbonyl (C=O) groups is 2. The predicted molar refractivity (Wildman–Crippen MR) is 92.5 cm³/mol. The zero-order valence-corrected chi connectivity index (χ0v) is 14.5. The van der Waals surface area contributed by atoms with Gasteiger partial charge in [-0.1, -0.05) is 45.0 Å². The molecule has 0 saturated carbocycles. The van der Waals surface area contributed by atoms with E-state index in [2.05, 4.69) is 12.2 Å². The van der Waals surface area contributed by atoms with Crippen LogP contribution in [0.5, 0.6) is 0 Å². The molecule has 0 aliphatic heterocycles. The van der Waals surface area contributed by atoms with Crippen LogP contribution in [0.2, 0.25) is 0 Å². The van der Waals surface area contributed by atoms with Crippen molar-refractivity contribution in [3.63, 3.8) is 0 Å². The van der Waals surface area contributed by atoms with Crippen LogP contribution in [-0.2, 0) is 22.4 Å². The highest BCUT2D eigenvalue weighted by atomic mass is 16.4. The van der Waals surface area contributed by atoms with Crippen molar-refractivity contribution < 1.29 is 19.8 Å². The molecule has 0 spiro atoms. The van der Waals surface area contributed by atoms with E-state index >= 15 is 0 Å². The molecule has 0 aromatic heterocycles. The van der Waals surface area contributed by atoms with Gasteiger partial charge in [0.1, 0.15) is 12.1 Å². The Kier molecular flexibility index (Phi) is 7.88. The second-order valence-electron chi connectivity index (χ2n) is 6.51. The molecule has 0 radical (unpaired) electrons. The lowest BCUT2D eigenvalue weighted by Crippen LogP contribution is -2.52. The van der Waals surface area contributed by atoms with Crippen LogP contribution in [0.25, 0.3) is 0 Å². The largest absolute Gasteiger partial charge is 0.480 e. The Balaban J connectivity index is 2.63. The number of rotatable bonds is 9. The standard InChI is InChI=1S/C18H28N2O4/c1-4-12-5-7-13(8-6-12)10-14(19)16(21)17(22)20-15(18(23)24)9-11(2)3/h5-8,11,14-16,21H,4,9-10,19H2,1-3H3,(H,20,22)(H,23,24)/t14?,15-,16?/m0/s1. The number of carboxylic acid groups (broad SMARTS) is 1. The maximum atomic E-state index is 12.1. The molecule has 0 heterocycles. The van der Waals surface area contributed by atoms with E-state index in [-0.39, 0.29) is 5.92 Å². The van der Waals surface area contributed by atoms with E-state index in [4.69, 9.17) is 10.8 Å². The van der Waals surface area contributed by atoms with Gasteiger partial charge in [-0.2, -0.15) is 0 Å². The Hall–Kier alpha value is -1.92. The molecule has 6 nitrogen and oxygen atoms in total. The van der Waals surface area contributed by atoms with Crippen molar-refractivity contribution in [3.05, 3.63) is 35.4 Å². The predicted octanol–water partition coefficient (Wildman–Crippen LogP) is 1.10. The lowest BCUT2D eigenvalue weighted by Gasteiger charge is -2.22. The van der Waals surface area contributed by atoms with Gasteiger partial charge in [0.2, 0.25) is 0 Å². The molecule has 1 aromatic rings. The van der Waals surface area contributed by atoms with Crippen molar-refractivity contribution in [3.8, 4) is 0 Å². The fraction of sp³-hybridized carbons (Fsp3) is 0.556. The summed E-state index contributed by atoms with van der Waals surface area (Å²) in [6, 6.07) is 5.98. The third kappa shape index (κ3) is 6.29. The fourth-order valence-corrected chi connectivity index (χ4v) is 2.44. The lowest BCUT2D eigenvalue weighted by atomic mass is 9.99. The molecule has 1 rings (SSSR count). The van der Waals surface area contributed by atoms with Gasteiger partial charge < -0.3 is 21.3 Å². The van der Waals surface area contributed by atoms with Gasteiger partial charge in [-0.15, -0.1) is 0 Å². The van der Waals surface area contributed by atoms with Crippen molar-refractivity contribution in [2.45, 2.75) is 58.2 Å². The number of aryl methyl sites for hydroxylation is 1. The molecule has 3 atom stereocenters. The first-order valence-corrected chi connectivity index (χ1v) is 8.29. The zero-order chi connectivity index (χ0) is 18.3. The van der Waals surface area contributed by atoms with Crippen LogP contribution < -0.4 is 11.1 Å². The van der Waals surface area contributed by atoms with Crippen molar-refractivity contribution in [2.24, 2.45) is 11.7 Å². The number of aliphatic hydroxyl groups excluding tert-OH is 1. The van der Waals surface area contributed by atoms with E-state index in [0.29, 0.717) is 12.8 Å². The number of nitrogens with two attached hydrogens (primary N) is 1. The first-order valence-electron chi connectivity index (χ1n) is 8.29. The Bertz CT molecular complexity index is 542. The third-order valence-electron chi connectivity index (χ3n) is 3.90. The van der Waals surface area contributed by atoms with Gasteiger partial charge in [-0.05, 0) is 36.3 Å². The summed E-state index contributed by atoms with van der Waals surface area (Å²) < 4.78 is 0. The van der Waals surface area contributed by atoms with E-state index in [1.165, 1.54) is 5.56 Å². The van der Waals surface area contributed by atoms with Crippen LogP contribution in [0, 0.1) is 5.92 Å². The van der Waals surface area contributed by atoms with Crippen molar-refractivity contribution in [1.29, 1.82) is 0 Å². The first kappa shape index (κ1) is 20.1. The Labute approximate surface area is 143 Å². The normalized spacial score (nSPS) is 14.9. The number of aliphatic carboxylic acids is 1. The zero-order valence-electron chi connectivity index (χ0n) is 14.5. The number of benzene rings is 1. The van der Waals surface area contributed by atoms with Crippen LogP contribution in [0.3, 0.4) is 0 Å². The van der Waals surface area contributed by atoms with Gasteiger partial charge in [0.25, 0.3) is 5.91 Å². The molecule has 134 valence electrons. The average molecular weight is 336 g/mol. The molecule has 5 N–H and O–H groups in total. The summed E-state index contributed by atoms with van der Waals surface area (Å²) in [6.07, 6.45) is 0.107. The number of carbonyl (C=O) groups excluding carboxylic acids is 1. The maximum absolute atomic E-state index is 12.1. The topological polar surface area (TPSA) is 113 Å². The molecule has 0 fully saturated rings.